The largest absolute Gasteiger partial charge is 0.205 e. The number of pyridine rings is 1. The summed E-state index contributed by atoms with van der Waals surface area (Å²) in [5.74, 6) is 0. The molecule has 1 aromatic rings. The van der Waals surface area contributed by atoms with Crippen LogP contribution in [0.2, 0.25) is 0 Å². The molecular weight excluding hydrogens is 410 g/mol. The van der Waals surface area contributed by atoms with Gasteiger partial charge in [0.1, 0.15) is 6.54 Å². The fourth-order valence-corrected chi connectivity index (χ4v) is 5.11. The van der Waals surface area contributed by atoms with Crippen molar-refractivity contribution in [2.24, 2.45) is 0 Å². The second-order valence-corrected chi connectivity index (χ2v) is 11.0. The number of rotatable bonds is 26. The average molecular weight is 473 g/mol. The molecule has 1 heteroatoms. The van der Waals surface area contributed by atoms with E-state index in [0.29, 0.717) is 0 Å². The minimum absolute atomic E-state index is 1.19. The number of hydrogen-bond acceptors (Lipinski definition) is 0. The molecule has 0 aliphatic rings. The molecule has 0 radical (unpaired) electrons. The van der Waals surface area contributed by atoms with E-state index in [-0.39, 0.29) is 0 Å². The van der Waals surface area contributed by atoms with Gasteiger partial charge >= 0.3 is 0 Å². The number of aromatic nitrogens is 1. The van der Waals surface area contributed by atoms with Gasteiger partial charge in [-0.3, -0.25) is 0 Å². The molecule has 0 aliphatic heterocycles. The molecule has 1 heterocycles. The molecule has 0 fully saturated rings. The van der Waals surface area contributed by atoms with E-state index < -0.39 is 0 Å². The van der Waals surface area contributed by atoms with Crippen LogP contribution in [-0.4, -0.2) is 0 Å². The molecule has 198 valence electrons. The molecular formula is C33H62N+. The summed E-state index contributed by atoms with van der Waals surface area (Å²) in [5, 5.41) is 0. The smallest absolute Gasteiger partial charge is 0.169 e. The van der Waals surface area contributed by atoms with Crippen molar-refractivity contribution < 1.29 is 4.57 Å². The number of aryl methyl sites for hydroxylation is 2. The first-order valence-electron chi connectivity index (χ1n) is 15.8. The van der Waals surface area contributed by atoms with Crippen LogP contribution < -0.4 is 4.57 Å². The fourth-order valence-electron chi connectivity index (χ4n) is 5.11. The lowest BCUT2D eigenvalue weighted by Crippen LogP contribution is -2.32. The standard InChI is InChI=1S/C33H62N/c1-3-5-7-9-11-13-14-15-16-17-18-19-21-23-25-27-33-28-31-34(32-29-33)30-26-24-22-20-12-10-8-6-4-2/h28-29,31-32H,3-27,30H2,1-2H3/q+1. The Labute approximate surface area is 215 Å². The van der Waals surface area contributed by atoms with Gasteiger partial charge in [0, 0.05) is 18.6 Å². The molecule has 0 N–H and O–H groups in total. The molecule has 0 aromatic carbocycles. The van der Waals surface area contributed by atoms with E-state index in [4.69, 9.17) is 0 Å². The summed E-state index contributed by atoms with van der Waals surface area (Å²) in [6.07, 6.45) is 40.2. The van der Waals surface area contributed by atoms with E-state index in [1.54, 1.807) is 0 Å². The average Bonchev–Trinajstić information content (AvgIpc) is 2.86. The van der Waals surface area contributed by atoms with E-state index in [9.17, 15) is 0 Å². The van der Waals surface area contributed by atoms with Crippen molar-refractivity contribution in [2.45, 2.75) is 181 Å². The quantitative estimate of drug-likeness (QED) is 0.0932. The maximum Gasteiger partial charge on any atom is 0.169 e. The fraction of sp³-hybridized carbons (Fsp3) is 0.848. The predicted molar refractivity (Wildman–Crippen MR) is 152 cm³/mol. The van der Waals surface area contributed by atoms with Crippen LogP contribution in [-0.2, 0) is 13.0 Å². The summed E-state index contributed by atoms with van der Waals surface area (Å²) in [6, 6.07) is 4.72. The zero-order chi connectivity index (χ0) is 24.4. The highest BCUT2D eigenvalue weighted by Crippen LogP contribution is 2.14. The first-order valence-corrected chi connectivity index (χ1v) is 15.8. The highest BCUT2D eigenvalue weighted by atomic mass is 14.9. The van der Waals surface area contributed by atoms with Crippen molar-refractivity contribution in [1.82, 2.24) is 0 Å². The monoisotopic (exact) mass is 472 g/mol. The lowest BCUT2D eigenvalue weighted by atomic mass is 10.0. The van der Waals surface area contributed by atoms with Crippen molar-refractivity contribution in [3.05, 3.63) is 30.1 Å². The number of hydrogen-bond donors (Lipinski definition) is 0. The zero-order valence-corrected chi connectivity index (χ0v) is 23.6. The molecule has 1 nitrogen and oxygen atoms in total. The Balaban J connectivity index is 1.85. The summed E-state index contributed by atoms with van der Waals surface area (Å²) in [5.41, 5.74) is 1.53. The topological polar surface area (TPSA) is 3.88 Å². The van der Waals surface area contributed by atoms with E-state index in [0.717, 1.165) is 0 Å². The van der Waals surface area contributed by atoms with Crippen molar-refractivity contribution in [3.8, 4) is 0 Å². The Morgan fingerprint density at radius 3 is 1.12 bits per heavy atom. The molecule has 0 saturated carbocycles. The van der Waals surface area contributed by atoms with Crippen LogP contribution in [0.3, 0.4) is 0 Å². The van der Waals surface area contributed by atoms with Crippen molar-refractivity contribution >= 4 is 0 Å². The first kappa shape index (κ1) is 31.2. The summed E-state index contributed by atoms with van der Waals surface area (Å²) >= 11 is 0. The van der Waals surface area contributed by atoms with Crippen LogP contribution >= 0.6 is 0 Å². The van der Waals surface area contributed by atoms with Gasteiger partial charge in [-0.15, -0.1) is 0 Å². The third-order valence-electron chi connectivity index (χ3n) is 7.55. The summed E-state index contributed by atoms with van der Waals surface area (Å²) < 4.78 is 2.39. The van der Waals surface area contributed by atoms with E-state index in [2.05, 4.69) is 42.9 Å². The van der Waals surface area contributed by atoms with Crippen molar-refractivity contribution in [1.29, 1.82) is 0 Å². The van der Waals surface area contributed by atoms with Gasteiger partial charge in [0.25, 0.3) is 0 Å². The van der Waals surface area contributed by atoms with Gasteiger partial charge in [0.2, 0.25) is 0 Å². The lowest BCUT2D eigenvalue weighted by Gasteiger charge is -2.04. The summed E-state index contributed by atoms with van der Waals surface area (Å²) in [4.78, 5) is 0. The molecule has 0 unspecified atom stereocenters. The van der Waals surface area contributed by atoms with Crippen molar-refractivity contribution in [3.63, 3.8) is 0 Å². The highest BCUT2D eigenvalue weighted by molar-refractivity contribution is 5.07. The summed E-state index contributed by atoms with van der Waals surface area (Å²) in [7, 11) is 0. The molecule has 0 spiro atoms. The van der Waals surface area contributed by atoms with Crippen LogP contribution in [0.5, 0.6) is 0 Å². The zero-order valence-electron chi connectivity index (χ0n) is 23.6. The van der Waals surface area contributed by atoms with E-state index >= 15 is 0 Å². The third-order valence-corrected chi connectivity index (χ3v) is 7.55. The van der Waals surface area contributed by atoms with Gasteiger partial charge in [-0.1, -0.05) is 149 Å². The highest BCUT2D eigenvalue weighted by Gasteiger charge is 2.02. The van der Waals surface area contributed by atoms with Gasteiger partial charge < -0.3 is 0 Å². The molecule has 0 aliphatic carbocycles. The SMILES string of the molecule is CCCCCCCCCCCCCCCCCc1cc[n+](CCCCCCCCCCC)cc1. The Morgan fingerprint density at radius 1 is 0.412 bits per heavy atom. The number of unbranched alkanes of at least 4 members (excludes halogenated alkanes) is 22. The second-order valence-electron chi connectivity index (χ2n) is 11.0. The molecule has 0 amide bonds. The molecule has 1 rings (SSSR count). The molecule has 0 atom stereocenters. The van der Waals surface area contributed by atoms with Crippen LogP contribution in [0, 0.1) is 0 Å². The molecule has 0 saturated heterocycles. The molecule has 0 bridgehead atoms. The van der Waals surface area contributed by atoms with Gasteiger partial charge in [-0.25, -0.2) is 4.57 Å². The van der Waals surface area contributed by atoms with Crippen LogP contribution in [0.15, 0.2) is 24.5 Å². The Bertz CT molecular complexity index is 506. The van der Waals surface area contributed by atoms with E-state index in [1.165, 1.54) is 173 Å². The minimum atomic E-state index is 1.19. The maximum atomic E-state index is 2.39. The number of nitrogens with zero attached hydrogens (tertiary/aromatic N) is 1. The van der Waals surface area contributed by atoms with Crippen LogP contribution in [0.1, 0.15) is 174 Å². The van der Waals surface area contributed by atoms with Gasteiger partial charge in [0.15, 0.2) is 12.4 Å². The summed E-state index contributed by atoms with van der Waals surface area (Å²) in [6.45, 7) is 5.79. The minimum Gasteiger partial charge on any atom is -0.205 e. The van der Waals surface area contributed by atoms with Crippen LogP contribution in [0.25, 0.3) is 0 Å². The van der Waals surface area contributed by atoms with Crippen molar-refractivity contribution in [2.75, 3.05) is 0 Å². The van der Waals surface area contributed by atoms with Gasteiger partial charge in [-0.05, 0) is 24.8 Å². The maximum absolute atomic E-state index is 2.39. The molecule has 1 aromatic heterocycles. The normalized spacial score (nSPS) is 11.4. The molecule has 34 heavy (non-hydrogen) atoms. The Hall–Kier alpha value is -0.850. The Kier molecular flexibility index (Phi) is 23.2. The van der Waals surface area contributed by atoms with Crippen LogP contribution in [0.4, 0.5) is 0 Å². The van der Waals surface area contributed by atoms with Gasteiger partial charge in [-0.2, -0.15) is 0 Å². The lowest BCUT2D eigenvalue weighted by molar-refractivity contribution is -0.697. The third kappa shape index (κ3) is 20.5. The second kappa shape index (κ2) is 25.2. The first-order chi connectivity index (χ1) is 16.9. The van der Waals surface area contributed by atoms with Gasteiger partial charge in [0.05, 0.1) is 0 Å². The van der Waals surface area contributed by atoms with E-state index in [1.807, 2.05) is 0 Å². The Morgan fingerprint density at radius 2 is 0.735 bits per heavy atom. The predicted octanol–water partition coefficient (Wildman–Crippen LogP) is 10.9.